The van der Waals surface area contributed by atoms with Crippen LogP contribution in [0.4, 0.5) is 0 Å². The predicted molar refractivity (Wildman–Crippen MR) is 104 cm³/mol. The van der Waals surface area contributed by atoms with E-state index in [-0.39, 0.29) is 30.7 Å². The van der Waals surface area contributed by atoms with Crippen LogP contribution in [0, 0.1) is 5.92 Å². The first kappa shape index (κ1) is 21.0. The van der Waals surface area contributed by atoms with Crippen molar-refractivity contribution in [1.82, 2.24) is 15.1 Å². The molecule has 0 spiro atoms. The lowest BCUT2D eigenvalue weighted by atomic mass is 10.1. The molecule has 0 aromatic heterocycles. The predicted octanol–water partition coefficient (Wildman–Crippen LogP) is 2.30. The van der Waals surface area contributed by atoms with Crippen molar-refractivity contribution in [3.63, 3.8) is 0 Å². The first-order valence-electron chi connectivity index (χ1n) is 8.26. The number of nitrogens with one attached hydrogen (secondary N) is 1. The maximum Gasteiger partial charge on any atom is 0.227 e. The van der Waals surface area contributed by atoms with Gasteiger partial charge in [0.2, 0.25) is 5.91 Å². The number of carbonyl (C=O) groups is 1. The largest absolute Gasteiger partial charge is 0.340 e. The van der Waals surface area contributed by atoms with Crippen LogP contribution in [0.5, 0.6) is 0 Å². The molecule has 6 heteroatoms. The number of hydrogen-bond donors (Lipinski definition) is 1. The molecule has 1 amide bonds. The van der Waals surface area contributed by atoms with Crippen LogP contribution in [0.2, 0.25) is 0 Å². The van der Waals surface area contributed by atoms with Crippen molar-refractivity contribution in [3.05, 3.63) is 42.0 Å². The van der Waals surface area contributed by atoms with Gasteiger partial charge in [-0.05, 0) is 18.5 Å². The molecule has 2 aliphatic heterocycles. The van der Waals surface area contributed by atoms with Crippen LogP contribution in [0.15, 0.2) is 36.4 Å². The average molecular weight is 372 g/mol. The maximum atomic E-state index is 12.4. The quantitative estimate of drug-likeness (QED) is 0.881. The van der Waals surface area contributed by atoms with E-state index >= 15 is 0 Å². The summed E-state index contributed by atoms with van der Waals surface area (Å²) < 4.78 is 0. The zero-order chi connectivity index (χ0) is 15.2. The molecule has 1 aromatic carbocycles. The van der Waals surface area contributed by atoms with Gasteiger partial charge in [-0.15, -0.1) is 24.8 Å². The van der Waals surface area contributed by atoms with E-state index in [1.54, 1.807) is 0 Å². The van der Waals surface area contributed by atoms with Crippen molar-refractivity contribution in [1.29, 1.82) is 0 Å². The fraction of sp³-hybridized carbons (Fsp3) is 0.500. The van der Waals surface area contributed by atoms with Crippen molar-refractivity contribution < 1.29 is 4.79 Å². The number of amides is 1. The standard InChI is InChI=1S/C18H25N3O.2ClH/c22-18(17-8-9-19-15-17)21-13-11-20(12-14-21)10-4-7-16-5-2-1-3-6-16;;/h1-7,17,19H,8-15H2;2*1H/b7-4+;;. The molecule has 1 atom stereocenters. The molecule has 4 nitrogen and oxygen atoms in total. The smallest absolute Gasteiger partial charge is 0.227 e. The van der Waals surface area contributed by atoms with E-state index < -0.39 is 0 Å². The number of halogens is 2. The molecular weight excluding hydrogens is 345 g/mol. The van der Waals surface area contributed by atoms with Gasteiger partial charge in [-0.25, -0.2) is 0 Å². The van der Waals surface area contributed by atoms with Crippen molar-refractivity contribution in [3.8, 4) is 0 Å². The molecule has 0 bridgehead atoms. The summed E-state index contributed by atoms with van der Waals surface area (Å²) in [5, 5.41) is 3.28. The molecule has 2 fully saturated rings. The van der Waals surface area contributed by atoms with Crippen LogP contribution < -0.4 is 5.32 Å². The third-order valence-corrected chi connectivity index (χ3v) is 4.57. The number of benzene rings is 1. The molecule has 1 N–H and O–H groups in total. The second-order valence-corrected chi connectivity index (χ2v) is 6.13. The molecule has 24 heavy (non-hydrogen) atoms. The van der Waals surface area contributed by atoms with E-state index in [0.717, 1.165) is 52.2 Å². The highest BCUT2D eigenvalue weighted by Crippen LogP contribution is 2.13. The van der Waals surface area contributed by atoms with Gasteiger partial charge in [-0.3, -0.25) is 9.69 Å². The van der Waals surface area contributed by atoms with Crippen LogP contribution in [-0.2, 0) is 4.79 Å². The lowest BCUT2D eigenvalue weighted by molar-refractivity contribution is -0.136. The molecule has 1 aromatic rings. The van der Waals surface area contributed by atoms with Crippen LogP contribution >= 0.6 is 24.8 Å². The van der Waals surface area contributed by atoms with Crippen molar-refractivity contribution in [2.45, 2.75) is 6.42 Å². The van der Waals surface area contributed by atoms with Crippen LogP contribution in [0.3, 0.4) is 0 Å². The first-order valence-corrected chi connectivity index (χ1v) is 8.26. The number of carbonyl (C=O) groups excluding carboxylic acids is 1. The Morgan fingerprint density at radius 3 is 2.46 bits per heavy atom. The topological polar surface area (TPSA) is 35.6 Å². The van der Waals surface area contributed by atoms with Crippen molar-refractivity contribution in [2.24, 2.45) is 5.92 Å². The van der Waals surface area contributed by atoms with E-state index in [0.29, 0.717) is 5.91 Å². The van der Waals surface area contributed by atoms with Gasteiger partial charge in [0, 0.05) is 39.3 Å². The van der Waals surface area contributed by atoms with Crippen LogP contribution in [-0.4, -0.2) is 61.5 Å². The monoisotopic (exact) mass is 371 g/mol. The minimum atomic E-state index is 0. The Morgan fingerprint density at radius 1 is 1.12 bits per heavy atom. The molecular formula is C18H27Cl2N3O. The molecule has 2 saturated heterocycles. The summed E-state index contributed by atoms with van der Waals surface area (Å²) in [5.41, 5.74) is 1.24. The zero-order valence-electron chi connectivity index (χ0n) is 13.9. The highest BCUT2D eigenvalue weighted by Gasteiger charge is 2.28. The van der Waals surface area contributed by atoms with Crippen molar-refractivity contribution in [2.75, 3.05) is 45.8 Å². The Hall–Kier alpha value is -1.07. The molecule has 3 rings (SSSR count). The van der Waals surface area contributed by atoms with Crippen LogP contribution in [0.25, 0.3) is 6.08 Å². The molecule has 134 valence electrons. The zero-order valence-corrected chi connectivity index (χ0v) is 15.5. The van der Waals surface area contributed by atoms with Crippen molar-refractivity contribution >= 4 is 36.8 Å². The van der Waals surface area contributed by atoms with Gasteiger partial charge >= 0.3 is 0 Å². The summed E-state index contributed by atoms with van der Waals surface area (Å²) in [6, 6.07) is 10.4. The third-order valence-electron chi connectivity index (χ3n) is 4.57. The number of piperazine rings is 1. The number of hydrogen-bond acceptors (Lipinski definition) is 3. The summed E-state index contributed by atoms with van der Waals surface area (Å²) in [7, 11) is 0. The van der Waals surface area contributed by atoms with Gasteiger partial charge in [0.1, 0.15) is 0 Å². The van der Waals surface area contributed by atoms with Gasteiger partial charge in [0.25, 0.3) is 0 Å². The summed E-state index contributed by atoms with van der Waals surface area (Å²) in [4.78, 5) is 16.8. The maximum absolute atomic E-state index is 12.4. The summed E-state index contributed by atoms with van der Waals surface area (Å²) in [6.07, 6.45) is 5.38. The molecule has 0 radical (unpaired) electrons. The lowest BCUT2D eigenvalue weighted by Gasteiger charge is -2.35. The Kier molecular flexibility index (Phi) is 9.37. The minimum Gasteiger partial charge on any atom is -0.340 e. The summed E-state index contributed by atoms with van der Waals surface area (Å²) >= 11 is 0. The van der Waals surface area contributed by atoms with E-state index in [2.05, 4.69) is 51.5 Å². The van der Waals surface area contributed by atoms with E-state index in [4.69, 9.17) is 0 Å². The summed E-state index contributed by atoms with van der Waals surface area (Å²) in [5.74, 6) is 0.564. The van der Waals surface area contributed by atoms with E-state index in [9.17, 15) is 4.79 Å². The highest BCUT2D eigenvalue weighted by molar-refractivity contribution is 5.85. The second-order valence-electron chi connectivity index (χ2n) is 6.13. The molecule has 0 saturated carbocycles. The minimum absolute atomic E-state index is 0. The fourth-order valence-electron chi connectivity index (χ4n) is 3.18. The Labute approximate surface area is 157 Å². The van der Waals surface area contributed by atoms with Gasteiger partial charge in [-0.2, -0.15) is 0 Å². The molecule has 2 aliphatic rings. The van der Waals surface area contributed by atoms with Gasteiger partial charge < -0.3 is 10.2 Å². The van der Waals surface area contributed by atoms with Crippen LogP contribution in [0.1, 0.15) is 12.0 Å². The van der Waals surface area contributed by atoms with Gasteiger partial charge in [-0.1, -0.05) is 42.5 Å². The molecule has 0 aliphatic carbocycles. The van der Waals surface area contributed by atoms with E-state index in [1.807, 2.05) is 6.07 Å². The first-order chi connectivity index (χ1) is 10.8. The Balaban J connectivity index is 0.00000144. The number of nitrogens with zero attached hydrogens (tertiary/aromatic N) is 2. The third kappa shape index (κ3) is 5.78. The fourth-order valence-corrected chi connectivity index (χ4v) is 3.18. The van der Waals surface area contributed by atoms with E-state index in [1.165, 1.54) is 5.56 Å². The Morgan fingerprint density at radius 2 is 1.83 bits per heavy atom. The highest BCUT2D eigenvalue weighted by atomic mass is 35.5. The normalized spacial score (nSPS) is 21.3. The SMILES string of the molecule is Cl.Cl.O=C(C1CCNC1)N1CCN(C/C=C/c2ccccc2)CC1. The lowest BCUT2D eigenvalue weighted by Crippen LogP contribution is -2.50. The van der Waals surface area contributed by atoms with Gasteiger partial charge in [0.05, 0.1) is 5.92 Å². The average Bonchev–Trinajstić information content (AvgIpc) is 3.10. The molecule has 2 heterocycles. The van der Waals surface area contributed by atoms with Gasteiger partial charge in [0.15, 0.2) is 0 Å². The Bertz CT molecular complexity index is 510. The molecule has 1 unspecified atom stereocenters. The number of rotatable bonds is 4. The summed E-state index contributed by atoms with van der Waals surface area (Å²) in [6.45, 7) is 6.50. The second kappa shape index (κ2) is 10.7.